The maximum absolute atomic E-state index is 13.0. The molecule has 0 bridgehead atoms. The van der Waals surface area contributed by atoms with Gasteiger partial charge >= 0.3 is 0 Å². The van der Waals surface area contributed by atoms with Gasteiger partial charge in [0, 0.05) is 69.9 Å². The lowest BCUT2D eigenvalue weighted by molar-refractivity contribution is 0.0503. The van der Waals surface area contributed by atoms with Gasteiger partial charge in [-0.1, -0.05) is 113 Å². The van der Waals surface area contributed by atoms with Gasteiger partial charge in [0.1, 0.15) is 95.0 Å². The topological polar surface area (TPSA) is 189 Å². The molecule has 8 aliphatic rings. The van der Waals surface area contributed by atoms with Crippen molar-refractivity contribution in [3.63, 3.8) is 0 Å². The van der Waals surface area contributed by atoms with E-state index in [4.69, 9.17) is 18.9 Å². The first-order chi connectivity index (χ1) is 46.3. The normalized spacial score (nSPS) is 19.2. The fraction of sp³-hybridized carbons (Fsp3) is 0.467. The lowest BCUT2D eigenvalue weighted by atomic mass is 9.91. The minimum atomic E-state index is 0.0133. The Hall–Kier alpha value is -9.20. The van der Waals surface area contributed by atoms with Gasteiger partial charge in [-0.3, -0.25) is 37.9 Å². The lowest BCUT2D eigenvalue weighted by Gasteiger charge is -2.39. The zero-order valence-corrected chi connectivity index (χ0v) is 55.3. The predicted octanol–water partition coefficient (Wildman–Crippen LogP) is 12.0. The maximum Gasteiger partial charge on any atom is 0.272 e. The van der Waals surface area contributed by atoms with Crippen LogP contribution in [-0.4, -0.2) is 134 Å². The molecule has 1 unspecified atom stereocenters. The molecule has 4 aliphatic carbocycles. The van der Waals surface area contributed by atoms with Crippen LogP contribution >= 0.6 is 0 Å². The maximum atomic E-state index is 13.0. The number of benzene rings is 4. The van der Waals surface area contributed by atoms with Gasteiger partial charge in [0.2, 0.25) is 0 Å². The van der Waals surface area contributed by atoms with Crippen molar-refractivity contribution in [2.24, 2.45) is 23.2 Å². The standard InChI is InChI=1S/C20H25N3O2.2C19H23N3O2.C17H19N3O2/c1-20(2)13-22(11-15-8-9-15)19(24)18-10-16(21-23(18)14-20)12-25-17-6-4-3-5-7-17;1-14-10-21(12-15-7-8-15)19(23)18-9-16(20-22(18)11-14)13-24-17-5-3-2-4-6-17;23-19-18-13-15(14-24-17-9-5-2-6-10-17)20-22(18)12-11-21(19)16-7-3-1-4-8-16;21-17-16-11-13(12-22-15-7-2-1-3-8-15)18-20(16)10-9-19(17)14-5-4-6-14/h3-7,10,15H,8-9,11-14H2,1-2H3;2-6,9,14-15H,7-8,10-13H2,1H3;2,5-6,9-10,13,16H,1,3-4,7-8,11-12,14H2;1-3,7-8,11,14H,4-6,9-10,12H2. The van der Waals surface area contributed by atoms with Crippen LogP contribution in [0.2, 0.25) is 0 Å². The highest BCUT2D eigenvalue weighted by Gasteiger charge is 2.39. The SMILES string of the molecule is CC1(C)CN(CC2CC2)C(=O)c2cc(COc3ccccc3)nn2C1.CC1CN(CC2CC2)C(=O)c2cc(COc3ccccc3)nn2C1.O=C1c2cc(COc3ccccc3)nn2CCN1C1CCC1.O=C1c2cc(COc3ccccc3)nn2CCN1C1CCCCC1. The van der Waals surface area contributed by atoms with Crippen molar-refractivity contribution in [1.29, 1.82) is 0 Å². The van der Waals surface area contributed by atoms with E-state index < -0.39 is 0 Å². The first-order valence-electron chi connectivity index (χ1n) is 34.5. The second-order valence-corrected chi connectivity index (χ2v) is 27.7. The highest BCUT2D eigenvalue weighted by molar-refractivity contribution is 5.95. The van der Waals surface area contributed by atoms with Crippen LogP contribution in [0, 0.1) is 23.2 Å². The van der Waals surface area contributed by atoms with Gasteiger partial charge in [-0.05, 0) is 148 Å². The summed E-state index contributed by atoms with van der Waals surface area (Å²) in [5.41, 5.74) is 6.04. The molecule has 0 saturated heterocycles. The van der Waals surface area contributed by atoms with E-state index in [1.807, 2.05) is 179 Å². The van der Waals surface area contributed by atoms with E-state index in [0.29, 0.717) is 79.0 Å². The number of rotatable bonds is 18. The minimum Gasteiger partial charge on any atom is -0.487 e. The van der Waals surface area contributed by atoms with Gasteiger partial charge in [-0.2, -0.15) is 20.4 Å². The van der Waals surface area contributed by atoms with Gasteiger partial charge in [0.05, 0.1) is 13.1 Å². The minimum absolute atomic E-state index is 0.0133. The molecule has 0 spiro atoms. The van der Waals surface area contributed by atoms with E-state index in [1.165, 1.54) is 51.4 Å². The summed E-state index contributed by atoms with van der Waals surface area (Å²) in [4.78, 5) is 59.4. The predicted molar refractivity (Wildman–Crippen MR) is 359 cm³/mol. The molecule has 16 rings (SSSR count). The average molecular weight is 1290 g/mol. The van der Waals surface area contributed by atoms with Crippen molar-refractivity contribution in [1.82, 2.24) is 58.7 Å². The molecule has 95 heavy (non-hydrogen) atoms. The van der Waals surface area contributed by atoms with Gasteiger partial charge in [-0.25, -0.2) is 0 Å². The molecule has 4 amide bonds. The third-order valence-corrected chi connectivity index (χ3v) is 19.0. The van der Waals surface area contributed by atoms with Crippen LogP contribution < -0.4 is 18.9 Å². The number of hydrogen-bond acceptors (Lipinski definition) is 12. The van der Waals surface area contributed by atoms with Crippen LogP contribution in [0.1, 0.15) is 163 Å². The molecule has 20 nitrogen and oxygen atoms in total. The Morgan fingerprint density at radius 1 is 0.389 bits per heavy atom. The van der Waals surface area contributed by atoms with Crippen LogP contribution in [0.4, 0.5) is 0 Å². The first kappa shape index (κ1) is 64.5. The largest absolute Gasteiger partial charge is 0.487 e. The molecule has 4 aromatic heterocycles. The summed E-state index contributed by atoms with van der Waals surface area (Å²) in [5.74, 6) is 5.54. The molecule has 0 radical (unpaired) electrons. The van der Waals surface area contributed by atoms with E-state index in [2.05, 4.69) is 46.1 Å². The molecule has 4 fully saturated rings. The zero-order chi connectivity index (χ0) is 65.3. The van der Waals surface area contributed by atoms with Crippen molar-refractivity contribution in [2.75, 3.05) is 39.3 Å². The van der Waals surface area contributed by atoms with E-state index in [0.717, 1.165) is 137 Å². The number of aromatic nitrogens is 8. The summed E-state index contributed by atoms with van der Waals surface area (Å²) >= 11 is 0. The number of amides is 4. The lowest BCUT2D eigenvalue weighted by Crippen LogP contribution is -2.49. The van der Waals surface area contributed by atoms with Crippen LogP contribution in [0.25, 0.3) is 0 Å². The quantitative estimate of drug-likeness (QED) is 0.0791. The molecule has 498 valence electrons. The summed E-state index contributed by atoms with van der Waals surface area (Å²) in [6.45, 7) is 16.2. The molecule has 8 heterocycles. The van der Waals surface area contributed by atoms with Gasteiger partial charge in [0.25, 0.3) is 23.6 Å². The van der Waals surface area contributed by atoms with Crippen molar-refractivity contribution < 1.29 is 38.1 Å². The Morgan fingerprint density at radius 3 is 1.15 bits per heavy atom. The monoisotopic (exact) mass is 1290 g/mol. The fourth-order valence-corrected chi connectivity index (χ4v) is 13.5. The molecule has 20 heteroatoms. The Morgan fingerprint density at radius 2 is 0.747 bits per heavy atom. The molecule has 1 atom stereocenters. The third kappa shape index (κ3) is 16.7. The molecule has 4 saturated carbocycles. The van der Waals surface area contributed by atoms with Gasteiger partial charge in [-0.15, -0.1) is 0 Å². The number of nitrogens with zero attached hydrogens (tertiary/aromatic N) is 12. The molecule has 4 aliphatic heterocycles. The van der Waals surface area contributed by atoms with Gasteiger partial charge < -0.3 is 38.5 Å². The molecule has 4 aromatic carbocycles. The number of hydrogen-bond donors (Lipinski definition) is 0. The summed E-state index contributed by atoms with van der Waals surface area (Å²) in [5, 5.41) is 18.3. The first-order valence-corrected chi connectivity index (χ1v) is 34.5. The summed E-state index contributed by atoms with van der Waals surface area (Å²) in [6.07, 6.45) is 14.6. The number of para-hydroxylation sites is 4. The molecule has 8 aromatic rings. The number of fused-ring (bicyclic) bond motifs is 4. The molecule has 0 N–H and O–H groups in total. The highest BCUT2D eigenvalue weighted by Crippen LogP contribution is 2.35. The zero-order valence-electron chi connectivity index (χ0n) is 55.3. The van der Waals surface area contributed by atoms with Crippen LogP contribution in [-0.2, 0) is 52.6 Å². The highest BCUT2D eigenvalue weighted by atomic mass is 16.5. The van der Waals surface area contributed by atoms with E-state index in [1.54, 1.807) is 0 Å². The Balaban J connectivity index is 0.000000115. The van der Waals surface area contributed by atoms with Crippen molar-refractivity contribution in [3.8, 4) is 23.0 Å². The van der Waals surface area contributed by atoms with Crippen LogP contribution in [0.3, 0.4) is 0 Å². The summed E-state index contributed by atoms with van der Waals surface area (Å²) in [6, 6.07) is 47.1. The number of ether oxygens (including phenoxy) is 4. The third-order valence-electron chi connectivity index (χ3n) is 19.0. The van der Waals surface area contributed by atoms with E-state index in [9.17, 15) is 19.2 Å². The smallest absolute Gasteiger partial charge is 0.272 e. The Bertz CT molecular complexity index is 3870. The summed E-state index contributed by atoms with van der Waals surface area (Å²) < 4.78 is 30.4. The Kier molecular flexibility index (Phi) is 20.1. The molecular weight excluding hydrogens is 1200 g/mol. The van der Waals surface area contributed by atoms with Crippen molar-refractivity contribution in [3.05, 3.63) is 191 Å². The second kappa shape index (κ2) is 29.6. The van der Waals surface area contributed by atoms with Crippen molar-refractivity contribution in [2.45, 2.75) is 163 Å². The van der Waals surface area contributed by atoms with E-state index in [-0.39, 0.29) is 29.0 Å². The molecular formula is C75H90N12O8. The summed E-state index contributed by atoms with van der Waals surface area (Å²) in [7, 11) is 0. The number of carbonyl (C=O) groups excluding carboxylic acids is 4. The average Bonchev–Trinajstić information content (AvgIpc) is 1.75. The van der Waals surface area contributed by atoms with Crippen LogP contribution in [0.15, 0.2) is 146 Å². The van der Waals surface area contributed by atoms with Gasteiger partial charge in [0.15, 0.2) is 0 Å². The fourth-order valence-electron chi connectivity index (χ4n) is 13.5. The Labute approximate surface area is 557 Å². The second-order valence-electron chi connectivity index (χ2n) is 27.7. The van der Waals surface area contributed by atoms with Crippen molar-refractivity contribution >= 4 is 23.6 Å². The number of carbonyl (C=O) groups is 4. The van der Waals surface area contributed by atoms with E-state index >= 15 is 0 Å². The van der Waals surface area contributed by atoms with Crippen LogP contribution in [0.5, 0.6) is 23.0 Å².